The van der Waals surface area contributed by atoms with Gasteiger partial charge in [0.2, 0.25) is 5.91 Å². The van der Waals surface area contributed by atoms with Crippen LogP contribution in [0.1, 0.15) is 25.7 Å². The Morgan fingerprint density at radius 3 is 2.35 bits per heavy atom. The number of amides is 1. The predicted molar refractivity (Wildman–Crippen MR) is 66.8 cm³/mol. The Morgan fingerprint density at radius 1 is 1.06 bits per heavy atom. The SMILES string of the molecule is O=C(CNCC1CC1)N1CCN(C2CC2)CC1. The molecule has 3 fully saturated rings. The zero-order valence-corrected chi connectivity index (χ0v) is 10.5. The van der Waals surface area contributed by atoms with Crippen molar-refractivity contribution in [1.82, 2.24) is 15.1 Å². The van der Waals surface area contributed by atoms with Gasteiger partial charge in [-0.1, -0.05) is 0 Å². The lowest BCUT2D eigenvalue weighted by Crippen LogP contribution is -2.51. The van der Waals surface area contributed by atoms with Crippen molar-refractivity contribution in [3.8, 4) is 0 Å². The van der Waals surface area contributed by atoms with Crippen molar-refractivity contribution in [2.45, 2.75) is 31.7 Å². The van der Waals surface area contributed by atoms with E-state index in [1.165, 1.54) is 25.7 Å². The van der Waals surface area contributed by atoms with Gasteiger partial charge in [0.25, 0.3) is 0 Å². The molecule has 1 N–H and O–H groups in total. The van der Waals surface area contributed by atoms with Crippen LogP contribution in [0.3, 0.4) is 0 Å². The lowest BCUT2D eigenvalue weighted by molar-refractivity contribution is -0.132. The third-order valence-electron chi connectivity index (χ3n) is 4.14. The fraction of sp³-hybridized carbons (Fsp3) is 0.923. The molecule has 0 aromatic carbocycles. The Balaban J connectivity index is 1.34. The van der Waals surface area contributed by atoms with Crippen molar-refractivity contribution in [3.05, 3.63) is 0 Å². The standard InChI is InChI=1S/C13H23N3O/c17-13(10-14-9-11-1-2-11)16-7-5-15(6-8-16)12-3-4-12/h11-12,14H,1-10H2. The third-order valence-corrected chi connectivity index (χ3v) is 4.14. The summed E-state index contributed by atoms with van der Waals surface area (Å²) in [6.07, 6.45) is 5.44. The molecule has 0 aromatic heterocycles. The summed E-state index contributed by atoms with van der Waals surface area (Å²) in [6, 6.07) is 0.847. The molecule has 3 aliphatic rings. The quantitative estimate of drug-likeness (QED) is 0.746. The fourth-order valence-electron chi connectivity index (χ4n) is 2.59. The Hall–Kier alpha value is -0.610. The van der Waals surface area contributed by atoms with Gasteiger partial charge in [0.15, 0.2) is 0 Å². The molecule has 0 aromatic rings. The van der Waals surface area contributed by atoms with E-state index in [9.17, 15) is 4.79 Å². The van der Waals surface area contributed by atoms with Gasteiger partial charge >= 0.3 is 0 Å². The minimum atomic E-state index is 0.293. The largest absolute Gasteiger partial charge is 0.339 e. The average Bonchev–Trinajstić information content (AvgIpc) is 3.22. The van der Waals surface area contributed by atoms with E-state index in [0.29, 0.717) is 12.5 Å². The Morgan fingerprint density at radius 2 is 1.76 bits per heavy atom. The first kappa shape index (κ1) is 11.5. The predicted octanol–water partition coefficient (Wildman–Crippen LogP) is 0.293. The van der Waals surface area contributed by atoms with Gasteiger partial charge in [0.1, 0.15) is 0 Å². The van der Waals surface area contributed by atoms with E-state index in [0.717, 1.165) is 44.7 Å². The van der Waals surface area contributed by atoms with Crippen LogP contribution in [0.5, 0.6) is 0 Å². The van der Waals surface area contributed by atoms with Gasteiger partial charge < -0.3 is 10.2 Å². The molecule has 4 nitrogen and oxygen atoms in total. The molecule has 0 unspecified atom stereocenters. The molecule has 3 rings (SSSR count). The number of nitrogens with one attached hydrogen (secondary N) is 1. The van der Waals surface area contributed by atoms with Crippen molar-refractivity contribution < 1.29 is 4.79 Å². The maximum atomic E-state index is 11.9. The third kappa shape index (κ3) is 3.19. The monoisotopic (exact) mass is 237 g/mol. The minimum Gasteiger partial charge on any atom is -0.339 e. The molecule has 2 aliphatic carbocycles. The summed E-state index contributed by atoms with van der Waals surface area (Å²) in [5.74, 6) is 1.15. The lowest BCUT2D eigenvalue weighted by Gasteiger charge is -2.34. The molecule has 1 amide bonds. The Kier molecular flexibility index (Phi) is 3.34. The van der Waals surface area contributed by atoms with Gasteiger partial charge in [-0.25, -0.2) is 0 Å². The molecule has 1 aliphatic heterocycles. The summed E-state index contributed by atoms with van der Waals surface area (Å²) in [4.78, 5) is 16.5. The Labute approximate surface area is 103 Å². The molecule has 0 radical (unpaired) electrons. The molecule has 0 atom stereocenters. The van der Waals surface area contributed by atoms with Crippen molar-refractivity contribution in [1.29, 1.82) is 0 Å². The summed E-state index contributed by atoms with van der Waals surface area (Å²) < 4.78 is 0. The molecule has 1 heterocycles. The number of nitrogens with zero attached hydrogens (tertiary/aromatic N) is 2. The first-order chi connectivity index (χ1) is 8.33. The Bertz CT molecular complexity index is 278. The van der Waals surface area contributed by atoms with Crippen molar-refractivity contribution in [2.24, 2.45) is 5.92 Å². The van der Waals surface area contributed by atoms with Gasteiger partial charge in [-0.15, -0.1) is 0 Å². The first-order valence-electron chi connectivity index (χ1n) is 7.05. The first-order valence-corrected chi connectivity index (χ1v) is 7.05. The van der Waals surface area contributed by atoms with Crippen LogP contribution >= 0.6 is 0 Å². The normalized spacial score (nSPS) is 26.2. The zero-order valence-electron chi connectivity index (χ0n) is 10.5. The summed E-state index contributed by atoms with van der Waals surface area (Å²) in [7, 11) is 0. The van der Waals surface area contributed by atoms with Crippen LogP contribution in [0.25, 0.3) is 0 Å². The van der Waals surface area contributed by atoms with E-state index in [2.05, 4.69) is 10.2 Å². The van der Waals surface area contributed by atoms with Crippen molar-refractivity contribution in [3.63, 3.8) is 0 Å². The summed E-state index contributed by atoms with van der Waals surface area (Å²) in [5.41, 5.74) is 0. The molecule has 0 spiro atoms. The highest BCUT2D eigenvalue weighted by molar-refractivity contribution is 5.78. The highest BCUT2D eigenvalue weighted by Crippen LogP contribution is 2.28. The summed E-state index contributed by atoms with van der Waals surface area (Å²) in [5, 5.41) is 3.29. The van der Waals surface area contributed by atoms with Crippen LogP contribution in [0.4, 0.5) is 0 Å². The van der Waals surface area contributed by atoms with Crippen LogP contribution in [-0.4, -0.2) is 61.0 Å². The highest BCUT2D eigenvalue weighted by atomic mass is 16.2. The highest BCUT2D eigenvalue weighted by Gasteiger charge is 2.32. The average molecular weight is 237 g/mol. The zero-order chi connectivity index (χ0) is 11.7. The number of rotatable bonds is 5. The van der Waals surface area contributed by atoms with Gasteiger partial charge in [-0.2, -0.15) is 0 Å². The number of carbonyl (C=O) groups is 1. The second-order valence-electron chi connectivity index (χ2n) is 5.72. The van der Waals surface area contributed by atoms with Crippen LogP contribution in [0, 0.1) is 5.92 Å². The summed E-state index contributed by atoms with van der Waals surface area (Å²) >= 11 is 0. The van der Waals surface area contributed by atoms with Gasteiger partial charge in [-0.3, -0.25) is 9.69 Å². The molecule has 2 saturated carbocycles. The van der Waals surface area contributed by atoms with E-state index in [1.807, 2.05) is 4.90 Å². The van der Waals surface area contributed by atoms with Crippen LogP contribution in [-0.2, 0) is 4.79 Å². The second kappa shape index (κ2) is 4.94. The summed E-state index contributed by atoms with van der Waals surface area (Å²) in [6.45, 7) is 5.60. The molecule has 4 heteroatoms. The van der Waals surface area contributed by atoms with E-state index in [1.54, 1.807) is 0 Å². The maximum Gasteiger partial charge on any atom is 0.236 e. The van der Waals surface area contributed by atoms with E-state index >= 15 is 0 Å². The molecular weight excluding hydrogens is 214 g/mol. The molecular formula is C13H23N3O. The smallest absolute Gasteiger partial charge is 0.236 e. The van der Waals surface area contributed by atoms with Crippen molar-refractivity contribution in [2.75, 3.05) is 39.3 Å². The fourth-order valence-corrected chi connectivity index (χ4v) is 2.59. The number of hydrogen-bond acceptors (Lipinski definition) is 3. The maximum absolute atomic E-state index is 11.9. The van der Waals surface area contributed by atoms with E-state index in [4.69, 9.17) is 0 Å². The topological polar surface area (TPSA) is 35.6 Å². The number of piperazine rings is 1. The molecule has 17 heavy (non-hydrogen) atoms. The minimum absolute atomic E-state index is 0.293. The number of carbonyl (C=O) groups excluding carboxylic acids is 1. The van der Waals surface area contributed by atoms with Gasteiger partial charge in [0.05, 0.1) is 6.54 Å². The molecule has 1 saturated heterocycles. The lowest BCUT2D eigenvalue weighted by atomic mass is 10.3. The van der Waals surface area contributed by atoms with Crippen LogP contribution in [0.15, 0.2) is 0 Å². The molecule has 96 valence electrons. The van der Waals surface area contributed by atoms with Gasteiger partial charge in [-0.05, 0) is 38.1 Å². The second-order valence-corrected chi connectivity index (χ2v) is 5.72. The van der Waals surface area contributed by atoms with Gasteiger partial charge in [0, 0.05) is 32.2 Å². The van der Waals surface area contributed by atoms with E-state index < -0.39 is 0 Å². The molecule has 0 bridgehead atoms. The van der Waals surface area contributed by atoms with E-state index in [-0.39, 0.29) is 0 Å². The van der Waals surface area contributed by atoms with Crippen LogP contribution < -0.4 is 5.32 Å². The van der Waals surface area contributed by atoms with Crippen LogP contribution in [0.2, 0.25) is 0 Å². The number of hydrogen-bond donors (Lipinski definition) is 1. The van der Waals surface area contributed by atoms with Crippen molar-refractivity contribution >= 4 is 5.91 Å².